The molecule has 160 valence electrons. The minimum absolute atomic E-state index is 0.553. The molecule has 0 heteroatoms. The van der Waals surface area contributed by atoms with Gasteiger partial charge in [0.25, 0.3) is 0 Å². The van der Waals surface area contributed by atoms with Gasteiger partial charge in [0.1, 0.15) is 0 Å². The lowest BCUT2D eigenvalue weighted by atomic mass is 9.46. The first-order valence-electron chi connectivity index (χ1n) is 12.9. The Morgan fingerprint density at radius 2 is 1.75 bits per heavy atom. The lowest BCUT2D eigenvalue weighted by molar-refractivity contribution is -0.0523. The Hall–Kier alpha value is -0.260. The Morgan fingerprint density at radius 3 is 2.50 bits per heavy atom. The third-order valence-corrected chi connectivity index (χ3v) is 10.6. The van der Waals surface area contributed by atoms with Gasteiger partial charge in [-0.3, -0.25) is 0 Å². The SMILES string of the molecule is CC(C)CCC[C@@H](C)[C@H]1CC[C@H]2[C@@H]3CC=C4CC(C)CC[C@]4(C)[C@H]3CC[C@]12C. The van der Waals surface area contributed by atoms with Gasteiger partial charge in [-0.05, 0) is 104 Å². The second-order valence-corrected chi connectivity index (χ2v) is 12.6. The molecule has 28 heavy (non-hydrogen) atoms. The molecule has 0 nitrogen and oxygen atoms in total. The molecule has 8 atom stereocenters. The number of rotatable bonds is 5. The lowest BCUT2D eigenvalue weighted by Gasteiger charge is -2.58. The van der Waals surface area contributed by atoms with Crippen LogP contribution in [0.5, 0.6) is 0 Å². The van der Waals surface area contributed by atoms with E-state index >= 15 is 0 Å². The molecule has 0 saturated heterocycles. The van der Waals surface area contributed by atoms with Crippen molar-refractivity contribution in [1.82, 2.24) is 0 Å². The maximum Gasteiger partial charge on any atom is -0.00851 e. The van der Waals surface area contributed by atoms with Gasteiger partial charge in [0, 0.05) is 0 Å². The highest BCUT2D eigenvalue weighted by Crippen LogP contribution is 2.67. The topological polar surface area (TPSA) is 0 Å². The Bertz CT molecular complexity index is 585. The van der Waals surface area contributed by atoms with Gasteiger partial charge < -0.3 is 0 Å². The number of hydrogen-bond donors (Lipinski definition) is 0. The van der Waals surface area contributed by atoms with Crippen LogP contribution in [0.1, 0.15) is 112 Å². The monoisotopic (exact) mass is 384 g/mol. The summed E-state index contributed by atoms with van der Waals surface area (Å²) in [5.41, 5.74) is 3.06. The van der Waals surface area contributed by atoms with Crippen molar-refractivity contribution in [1.29, 1.82) is 0 Å². The van der Waals surface area contributed by atoms with Crippen LogP contribution < -0.4 is 0 Å². The zero-order chi connectivity index (χ0) is 20.1. The molecule has 0 radical (unpaired) electrons. The van der Waals surface area contributed by atoms with Crippen LogP contribution in [-0.2, 0) is 0 Å². The normalized spacial score (nSPS) is 46.5. The molecule has 4 aliphatic carbocycles. The summed E-state index contributed by atoms with van der Waals surface area (Å²) in [7, 11) is 0. The van der Waals surface area contributed by atoms with E-state index in [1.165, 1.54) is 70.6 Å². The molecule has 0 N–H and O–H groups in total. The summed E-state index contributed by atoms with van der Waals surface area (Å²) < 4.78 is 0. The number of hydrogen-bond acceptors (Lipinski definition) is 0. The van der Waals surface area contributed by atoms with Crippen molar-refractivity contribution >= 4 is 0 Å². The first kappa shape index (κ1) is 21.0. The third-order valence-electron chi connectivity index (χ3n) is 10.6. The van der Waals surface area contributed by atoms with Crippen molar-refractivity contribution in [2.45, 2.75) is 112 Å². The summed E-state index contributed by atoms with van der Waals surface area (Å²) in [6.45, 7) is 15.3. The molecule has 0 aromatic rings. The van der Waals surface area contributed by atoms with Crippen LogP contribution in [0.15, 0.2) is 11.6 Å². The van der Waals surface area contributed by atoms with Crippen LogP contribution in [0, 0.1) is 52.3 Å². The minimum Gasteiger partial charge on any atom is -0.0845 e. The maximum absolute atomic E-state index is 2.75. The fraction of sp³-hybridized carbons (Fsp3) is 0.929. The molecule has 0 heterocycles. The average molecular weight is 385 g/mol. The quantitative estimate of drug-likeness (QED) is 0.416. The van der Waals surface area contributed by atoms with E-state index < -0.39 is 0 Å². The summed E-state index contributed by atoms with van der Waals surface area (Å²) in [5, 5.41) is 0. The van der Waals surface area contributed by atoms with Crippen LogP contribution >= 0.6 is 0 Å². The van der Waals surface area contributed by atoms with Crippen LogP contribution in [0.25, 0.3) is 0 Å². The van der Waals surface area contributed by atoms with Crippen molar-refractivity contribution in [2.24, 2.45) is 52.3 Å². The number of allylic oxidation sites excluding steroid dienone is 2. The van der Waals surface area contributed by atoms with E-state index in [0.717, 1.165) is 41.4 Å². The van der Waals surface area contributed by atoms with Crippen LogP contribution in [0.3, 0.4) is 0 Å². The molecule has 0 spiro atoms. The Kier molecular flexibility index (Phi) is 5.83. The molecular formula is C28H48. The lowest BCUT2D eigenvalue weighted by Crippen LogP contribution is -2.50. The van der Waals surface area contributed by atoms with Gasteiger partial charge in [-0.15, -0.1) is 0 Å². The molecule has 0 aromatic carbocycles. The summed E-state index contributed by atoms with van der Waals surface area (Å²) >= 11 is 0. The van der Waals surface area contributed by atoms with E-state index in [2.05, 4.69) is 47.6 Å². The predicted molar refractivity (Wildman–Crippen MR) is 122 cm³/mol. The van der Waals surface area contributed by atoms with Gasteiger partial charge in [-0.2, -0.15) is 0 Å². The zero-order valence-electron chi connectivity index (χ0n) is 19.9. The van der Waals surface area contributed by atoms with E-state index in [9.17, 15) is 0 Å². The summed E-state index contributed by atoms with van der Waals surface area (Å²) in [4.78, 5) is 0. The zero-order valence-corrected chi connectivity index (χ0v) is 19.9. The van der Waals surface area contributed by atoms with Crippen LogP contribution in [0.2, 0.25) is 0 Å². The van der Waals surface area contributed by atoms with E-state index in [4.69, 9.17) is 0 Å². The largest absolute Gasteiger partial charge is 0.0845 e. The minimum atomic E-state index is 0.553. The Balaban J connectivity index is 1.49. The van der Waals surface area contributed by atoms with Crippen molar-refractivity contribution in [3.8, 4) is 0 Å². The molecule has 0 aliphatic heterocycles. The molecule has 4 aliphatic rings. The van der Waals surface area contributed by atoms with E-state index in [0.29, 0.717) is 10.8 Å². The summed E-state index contributed by atoms with van der Waals surface area (Å²) in [6, 6.07) is 0. The predicted octanol–water partition coefficient (Wildman–Crippen LogP) is 8.66. The van der Waals surface area contributed by atoms with Crippen LogP contribution in [0.4, 0.5) is 0 Å². The first-order valence-corrected chi connectivity index (χ1v) is 12.9. The molecule has 3 saturated carbocycles. The van der Waals surface area contributed by atoms with E-state index in [1.807, 2.05) is 5.57 Å². The smallest absolute Gasteiger partial charge is 0.00851 e. The fourth-order valence-corrected chi connectivity index (χ4v) is 8.87. The summed E-state index contributed by atoms with van der Waals surface area (Å²) in [6.07, 6.45) is 19.0. The fourth-order valence-electron chi connectivity index (χ4n) is 8.87. The van der Waals surface area contributed by atoms with Gasteiger partial charge in [-0.1, -0.05) is 72.5 Å². The highest BCUT2D eigenvalue weighted by molar-refractivity contribution is 5.25. The molecule has 3 fully saturated rings. The maximum atomic E-state index is 2.75. The van der Waals surface area contributed by atoms with Crippen LogP contribution in [-0.4, -0.2) is 0 Å². The molecule has 0 aromatic heterocycles. The average Bonchev–Trinajstić information content (AvgIpc) is 2.99. The molecule has 1 unspecified atom stereocenters. The second-order valence-electron chi connectivity index (χ2n) is 12.6. The molecule has 0 amide bonds. The third kappa shape index (κ3) is 3.43. The number of fused-ring (bicyclic) bond motifs is 5. The van der Waals surface area contributed by atoms with Crippen molar-refractivity contribution < 1.29 is 0 Å². The summed E-state index contributed by atoms with van der Waals surface area (Å²) in [5.74, 6) is 6.73. The van der Waals surface area contributed by atoms with E-state index in [-0.39, 0.29) is 0 Å². The van der Waals surface area contributed by atoms with Gasteiger partial charge in [0.05, 0.1) is 0 Å². The van der Waals surface area contributed by atoms with Crippen molar-refractivity contribution in [2.75, 3.05) is 0 Å². The first-order chi connectivity index (χ1) is 13.3. The molecule has 0 bridgehead atoms. The highest BCUT2D eigenvalue weighted by Gasteiger charge is 2.58. The van der Waals surface area contributed by atoms with E-state index in [1.54, 1.807) is 0 Å². The molecule has 4 rings (SSSR count). The Morgan fingerprint density at radius 1 is 0.964 bits per heavy atom. The highest BCUT2D eigenvalue weighted by atomic mass is 14.6. The van der Waals surface area contributed by atoms with Gasteiger partial charge in [0.15, 0.2) is 0 Å². The standard InChI is InChI=1S/C28H48/c1-19(2)8-7-9-21(4)24-12-13-25-23-11-10-22-18-20(3)14-16-27(22,5)26(23)15-17-28(24,25)6/h10,19-21,23-26H,7-9,11-18H2,1-6H3/t20?,21-,23+,24-,25+,26+,27+,28-/m1/s1. The Labute approximate surface area is 176 Å². The van der Waals surface area contributed by atoms with Gasteiger partial charge >= 0.3 is 0 Å². The van der Waals surface area contributed by atoms with Gasteiger partial charge in [-0.25, -0.2) is 0 Å². The van der Waals surface area contributed by atoms with Crippen molar-refractivity contribution in [3.05, 3.63) is 11.6 Å². The second kappa shape index (κ2) is 7.77. The van der Waals surface area contributed by atoms with Gasteiger partial charge in [0.2, 0.25) is 0 Å². The molecular weight excluding hydrogens is 336 g/mol. The van der Waals surface area contributed by atoms with Crippen molar-refractivity contribution in [3.63, 3.8) is 0 Å².